The van der Waals surface area contributed by atoms with E-state index in [0.717, 1.165) is 55.0 Å². The van der Waals surface area contributed by atoms with Gasteiger partial charge in [-0.3, -0.25) is 4.79 Å². The fourth-order valence-electron chi connectivity index (χ4n) is 4.21. The summed E-state index contributed by atoms with van der Waals surface area (Å²) in [6.45, 7) is 3.64. The van der Waals surface area contributed by atoms with E-state index in [-0.39, 0.29) is 5.91 Å². The second kappa shape index (κ2) is 8.01. The van der Waals surface area contributed by atoms with Crippen LogP contribution in [0.1, 0.15) is 40.2 Å². The van der Waals surface area contributed by atoms with Crippen molar-refractivity contribution in [1.29, 1.82) is 0 Å². The Balaban J connectivity index is 1.48. The van der Waals surface area contributed by atoms with E-state index in [9.17, 15) is 4.79 Å². The fraction of sp³-hybridized carbons (Fsp3) is 0.409. The van der Waals surface area contributed by atoms with Crippen molar-refractivity contribution in [2.45, 2.75) is 25.3 Å². The summed E-state index contributed by atoms with van der Waals surface area (Å²) in [5, 5.41) is 9.99. The molecule has 2 unspecified atom stereocenters. The molecule has 0 spiro atoms. The number of ether oxygens (including phenoxy) is 1. The van der Waals surface area contributed by atoms with Gasteiger partial charge in [-0.25, -0.2) is 0 Å². The number of carbonyl (C=O) groups is 1. The topological polar surface area (TPSA) is 62.4 Å². The van der Waals surface area contributed by atoms with Gasteiger partial charge in [0.1, 0.15) is 5.75 Å². The smallest absolute Gasteiger partial charge is 0.251 e. The predicted molar refractivity (Wildman–Crippen MR) is 107 cm³/mol. The number of rotatable bonds is 5. The number of anilines is 1. The van der Waals surface area contributed by atoms with Crippen molar-refractivity contribution in [2.24, 2.45) is 5.92 Å². The van der Waals surface area contributed by atoms with Crippen LogP contribution < -0.4 is 20.7 Å². The van der Waals surface area contributed by atoms with Gasteiger partial charge in [0.05, 0.1) is 7.11 Å². The lowest BCUT2D eigenvalue weighted by atomic mass is 9.82. The summed E-state index contributed by atoms with van der Waals surface area (Å²) >= 11 is 0. The molecule has 0 bridgehead atoms. The largest absolute Gasteiger partial charge is 0.497 e. The molecule has 4 rings (SSSR count). The Bertz CT molecular complexity index is 804. The van der Waals surface area contributed by atoms with Gasteiger partial charge in [0.25, 0.3) is 5.91 Å². The van der Waals surface area contributed by atoms with E-state index in [4.69, 9.17) is 4.74 Å². The number of nitrogens with one attached hydrogen (secondary N) is 3. The number of carbonyl (C=O) groups excluding carboxylic acids is 1. The zero-order valence-corrected chi connectivity index (χ0v) is 15.8. The van der Waals surface area contributed by atoms with E-state index in [0.29, 0.717) is 18.4 Å². The summed E-state index contributed by atoms with van der Waals surface area (Å²) in [7, 11) is 1.70. The first-order valence-corrected chi connectivity index (χ1v) is 9.74. The molecule has 27 heavy (non-hydrogen) atoms. The molecule has 1 saturated heterocycles. The van der Waals surface area contributed by atoms with Crippen LogP contribution in [0.25, 0.3) is 0 Å². The molecule has 5 nitrogen and oxygen atoms in total. The van der Waals surface area contributed by atoms with Crippen molar-refractivity contribution in [3.8, 4) is 5.75 Å². The van der Waals surface area contributed by atoms with Crippen LogP contribution >= 0.6 is 0 Å². The summed E-state index contributed by atoms with van der Waals surface area (Å²) in [6.07, 6.45) is 2.26. The highest BCUT2D eigenvalue weighted by Gasteiger charge is 2.25. The van der Waals surface area contributed by atoms with Crippen LogP contribution in [0.3, 0.4) is 0 Å². The fourth-order valence-corrected chi connectivity index (χ4v) is 4.21. The number of benzene rings is 2. The summed E-state index contributed by atoms with van der Waals surface area (Å²) in [5.41, 5.74) is 4.28. The standard InChI is InChI=1S/C22H27N3O2/c1-27-19-6-3-15(4-7-19)20-9-11-23-10-8-17(20)13-24-18-5-2-16-14-25-22(26)21(16)12-18/h2-7,12,17,20,23-24H,8-11,13-14H2,1H3,(H,25,26). The maximum atomic E-state index is 11.9. The number of methoxy groups -OCH3 is 1. The van der Waals surface area contributed by atoms with Crippen molar-refractivity contribution in [1.82, 2.24) is 10.6 Å². The Kier molecular flexibility index (Phi) is 5.30. The molecular weight excluding hydrogens is 338 g/mol. The van der Waals surface area contributed by atoms with Crippen LogP contribution in [0.5, 0.6) is 5.75 Å². The van der Waals surface area contributed by atoms with Crippen LogP contribution in [0, 0.1) is 5.92 Å². The van der Waals surface area contributed by atoms with Crippen LogP contribution in [0.4, 0.5) is 5.69 Å². The minimum atomic E-state index is 0.0309. The van der Waals surface area contributed by atoms with Gasteiger partial charge in [0.2, 0.25) is 0 Å². The SMILES string of the molecule is COc1ccc(C2CCNCCC2CNc2ccc3c(c2)C(=O)NC3)cc1. The van der Waals surface area contributed by atoms with E-state index in [2.05, 4.69) is 46.3 Å². The first kappa shape index (κ1) is 17.9. The predicted octanol–water partition coefficient (Wildman–Crippen LogP) is 3.13. The van der Waals surface area contributed by atoms with E-state index in [1.54, 1.807) is 7.11 Å². The lowest BCUT2D eigenvalue weighted by molar-refractivity contribution is 0.0966. The minimum Gasteiger partial charge on any atom is -0.497 e. The lowest BCUT2D eigenvalue weighted by Crippen LogP contribution is -2.22. The summed E-state index contributed by atoms with van der Waals surface area (Å²) in [5.74, 6) is 1.98. The van der Waals surface area contributed by atoms with E-state index in [1.165, 1.54) is 5.56 Å². The van der Waals surface area contributed by atoms with Gasteiger partial charge in [-0.1, -0.05) is 18.2 Å². The molecule has 142 valence electrons. The summed E-state index contributed by atoms with van der Waals surface area (Å²) in [6, 6.07) is 14.6. The second-order valence-corrected chi connectivity index (χ2v) is 7.40. The van der Waals surface area contributed by atoms with Gasteiger partial charge in [0.15, 0.2) is 0 Å². The van der Waals surface area contributed by atoms with Gasteiger partial charge in [-0.2, -0.15) is 0 Å². The van der Waals surface area contributed by atoms with Gasteiger partial charge < -0.3 is 20.7 Å². The Morgan fingerprint density at radius 2 is 1.93 bits per heavy atom. The quantitative estimate of drug-likeness (QED) is 0.762. The van der Waals surface area contributed by atoms with Crippen LogP contribution in [-0.4, -0.2) is 32.7 Å². The molecule has 2 aromatic carbocycles. The third-order valence-electron chi connectivity index (χ3n) is 5.80. The third-order valence-corrected chi connectivity index (χ3v) is 5.80. The molecule has 2 atom stereocenters. The summed E-state index contributed by atoms with van der Waals surface area (Å²) < 4.78 is 5.30. The van der Waals surface area contributed by atoms with E-state index < -0.39 is 0 Å². The molecule has 0 radical (unpaired) electrons. The van der Waals surface area contributed by atoms with E-state index >= 15 is 0 Å². The molecule has 5 heteroatoms. The Labute approximate surface area is 160 Å². The average Bonchev–Trinajstić information content (AvgIpc) is 2.92. The van der Waals surface area contributed by atoms with Crippen molar-refractivity contribution in [3.63, 3.8) is 0 Å². The number of hydrogen-bond acceptors (Lipinski definition) is 4. The third kappa shape index (κ3) is 3.93. The first-order valence-electron chi connectivity index (χ1n) is 9.74. The van der Waals surface area contributed by atoms with Gasteiger partial charge >= 0.3 is 0 Å². The normalized spacial score (nSPS) is 21.9. The van der Waals surface area contributed by atoms with Crippen LogP contribution in [0.2, 0.25) is 0 Å². The van der Waals surface area contributed by atoms with Gasteiger partial charge in [-0.15, -0.1) is 0 Å². The second-order valence-electron chi connectivity index (χ2n) is 7.40. The Hall–Kier alpha value is -2.53. The van der Waals surface area contributed by atoms with Crippen molar-refractivity contribution in [2.75, 3.05) is 32.1 Å². The highest BCUT2D eigenvalue weighted by molar-refractivity contribution is 5.99. The number of hydrogen-bond donors (Lipinski definition) is 3. The molecule has 0 aromatic heterocycles. The molecule has 2 heterocycles. The minimum absolute atomic E-state index is 0.0309. The lowest BCUT2D eigenvalue weighted by Gasteiger charge is -2.26. The van der Waals surface area contributed by atoms with Crippen LogP contribution in [0.15, 0.2) is 42.5 Å². The van der Waals surface area contributed by atoms with Crippen molar-refractivity contribution in [3.05, 3.63) is 59.2 Å². The molecule has 1 amide bonds. The molecule has 2 aromatic rings. The van der Waals surface area contributed by atoms with Gasteiger partial charge in [-0.05, 0) is 73.2 Å². The molecular formula is C22H27N3O2. The van der Waals surface area contributed by atoms with E-state index in [1.807, 2.05) is 12.1 Å². The zero-order valence-electron chi connectivity index (χ0n) is 15.8. The maximum Gasteiger partial charge on any atom is 0.251 e. The van der Waals surface area contributed by atoms with Crippen molar-refractivity contribution >= 4 is 11.6 Å². The first-order chi connectivity index (χ1) is 13.2. The van der Waals surface area contributed by atoms with Crippen molar-refractivity contribution < 1.29 is 9.53 Å². The maximum absolute atomic E-state index is 11.9. The molecule has 0 saturated carbocycles. The molecule has 2 aliphatic rings. The molecule has 2 aliphatic heterocycles. The highest BCUT2D eigenvalue weighted by Crippen LogP contribution is 2.33. The highest BCUT2D eigenvalue weighted by atomic mass is 16.5. The number of fused-ring (bicyclic) bond motifs is 1. The van der Waals surface area contributed by atoms with Crippen LogP contribution in [-0.2, 0) is 6.54 Å². The zero-order chi connectivity index (χ0) is 18.6. The molecule has 0 aliphatic carbocycles. The summed E-state index contributed by atoms with van der Waals surface area (Å²) in [4.78, 5) is 11.9. The van der Waals surface area contributed by atoms with Gasteiger partial charge in [0, 0.05) is 24.3 Å². The monoisotopic (exact) mass is 365 g/mol. The molecule has 3 N–H and O–H groups in total. The molecule has 1 fully saturated rings. The Morgan fingerprint density at radius 3 is 2.74 bits per heavy atom. The Morgan fingerprint density at radius 1 is 1.11 bits per heavy atom. The average molecular weight is 365 g/mol. The number of amides is 1.